The zero-order valence-electron chi connectivity index (χ0n) is 12.3. The van der Waals surface area contributed by atoms with Crippen LogP contribution < -0.4 is 0 Å². The summed E-state index contributed by atoms with van der Waals surface area (Å²) in [5, 5.41) is 3.79. The van der Waals surface area contributed by atoms with Crippen LogP contribution in [0, 0.1) is 6.92 Å². The van der Waals surface area contributed by atoms with E-state index in [1.165, 1.54) is 0 Å². The van der Waals surface area contributed by atoms with E-state index in [0.717, 1.165) is 24.4 Å². The monoisotopic (exact) mass is 295 g/mol. The van der Waals surface area contributed by atoms with E-state index in [4.69, 9.17) is 14.0 Å². The average molecular weight is 295 g/mol. The summed E-state index contributed by atoms with van der Waals surface area (Å²) in [6, 6.07) is 0. The van der Waals surface area contributed by atoms with Crippen molar-refractivity contribution in [3.05, 3.63) is 17.5 Å². The van der Waals surface area contributed by atoms with E-state index in [-0.39, 0.29) is 12.0 Å². The van der Waals surface area contributed by atoms with Crippen molar-refractivity contribution in [2.75, 3.05) is 46.0 Å². The molecule has 2 aliphatic heterocycles. The molecule has 0 N–H and O–H groups in total. The SMILES string of the molecule is Cc1oncc1CN1CCOC(C(=O)N2CCOCC2)C1. The lowest BCUT2D eigenvalue weighted by Gasteiger charge is -2.36. The molecular formula is C14H21N3O4. The Kier molecular flexibility index (Phi) is 4.52. The van der Waals surface area contributed by atoms with Gasteiger partial charge in [0.05, 0.1) is 26.0 Å². The normalized spacial score (nSPS) is 24.2. The van der Waals surface area contributed by atoms with Crippen molar-refractivity contribution >= 4 is 5.91 Å². The lowest BCUT2D eigenvalue weighted by molar-refractivity contribution is -0.153. The maximum Gasteiger partial charge on any atom is 0.253 e. The molecule has 0 saturated carbocycles. The minimum Gasteiger partial charge on any atom is -0.378 e. The third-order valence-electron chi connectivity index (χ3n) is 3.99. The van der Waals surface area contributed by atoms with Gasteiger partial charge in [0, 0.05) is 38.3 Å². The van der Waals surface area contributed by atoms with Crippen LogP contribution in [0.3, 0.4) is 0 Å². The third-order valence-corrected chi connectivity index (χ3v) is 3.99. The van der Waals surface area contributed by atoms with Crippen LogP contribution in [-0.2, 0) is 20.8 Å². The van der Waals surface area contributed by atoms with Crippen molar-refractivity contribution in [3.8, 4) is 0 Å². The quantitative estimate of drug-likeness (QED) is 0.784. The Balaban J connectivity index is 1.57. The molecule has 0 aliphatic carbocycles. The van der Waals surface area contributed by atoms with Gasteiger partial charge in [-0.25, -0.2) is 0 Å². The van der Waals surface area contributed by atoms with Gasteiger partial charge in [0.1, 0.15) is 11.9 Å². The molecule has 0 spiro atoms. The number of amides is 1. The molecular weight excluding hydrogens is 274 g/mol. The van der Waals surface area contributed by atoms with E-state index in [1.807, 2.05) is 11.8 Å². The summed E-state index contributed by atoms with van der Waals surface area (Å²) in [5.41, 5.74) is 1.06. The zero-order chi connectivity index (χ0) is 14.7. The second kappa shape index (κ2) is 6.55. The van der Waals surface area contributed by atoms with Crippen molar-refractivity contribution in [1.29, 1.82) is 0 Å². The van der Waals surface area contributed by atoms with Crippen molar-refractivity contribution < 1.29 is 18.8 Å². The predicted molar refractivity (Wildman–Crippen MR) is 73.7 cm³/mol. The third kappa shape index (κ3) is 3.42. The maximum atomic E-state index is 12.5. The van der Waals surface area contributed by atoms with E-state index < -0.39 is 0 Å². The fraction of sp³-hybridized carbons (Fsp3) is 0.714. The van der Waals surface area contributed by atoms with Gasteiger partial charge in [-0.15, -0.1) is 0 Å². The number of nitrogens with zero attached hydrogens (tertiary/aromatic N) is 3. The topological polar surface area (TPSA) is 68.0 Å². The molecule has 7 nitrogen and oxygen atoms in total. The lowest BCUT2D eigenvalue weighted by Crippen LogP contribution is -2.53. The first-order valence-corrected chi connectivity index (χ1v) is 7.34. The molecule has 2 aliphatic rings. The van der Waals surface area contributed by atoms with Gasteiger partial charge in [-0.3, -0.25) is 9.69 Å². The van der Waals surface area contributed by atoms with Crippen LogP contribution in [-0.4, -0.2) is 73.0 Å². The number of ether oxygens (including phenoxy) is 2. The number of hydrogen-bond acceptors (Lipinski definition) is 6. The summed E-state index contributed by atoms with van der Waals surface area (Å²) in [6.07, 6.45) is 1.36. The van der Waals surface area contributed by atoms with Gasteiger partial charge < -0.3 is 18.9 Å². The highest BCUT2D eigenvalue weighted by molar-refractivity contribution is 5.81. The molecule has 116 valence electrons. The fourth-order valence-corrected chi connectivity index (χ4v) is 2.69. The van der Waals surface area contributed by atoms with E-state index in [0.29, 0.717) is 39.5 Å². The molecule has 1 amide bonds. The van der Waals surface area contributed by atoms with E-state index >= 15 is 0 Å². The number of rotatable bonds is 3. The Labute approximate surface area is 123 Å². The first-order valence-electron chi connectivity index (χ1n) is 7.34. The smallest absolute Gasteiger partial charge is 0.253 e. The molecule has 0 aromatic carbocycles. The molecule has 21 heavy (non-hydrogen) atoms. The first kappa shape index (κ1) is 14.5. The van der Waals surface area contributed by atoms with Crippen molar-refractivity contribution in [2.45, 2.75) is 19.6 Å². The Morgan fingerprint density at radius 1 is 1.33 bits per heavy atom. The van der Waals surface area contributed by atoms with Crippen LogP contribution in [0.1, 0.15) is 11.3 Å². The summed E-state index contributed by atoms with van der Waals surface area (Å²) in [4.78, 5) is 16.5. The number of carbonyl (C=O) groups excluding carboxylic acids is 1. The van der Waals surface area contributed by atoms with E-state index in [1.54, 1.807) is 6.20 Å². The van der Waals surface area contributed by atoms with Gasteiger partial charge >= 0.3 is 0 Å². The van der Waals surface area contributed by atoms with Crippen LogP contribution in [0.4, 0.5) is 0 Å². The van der Waals surface area contributed by atoms with Crippen LogP contribution >= 0.6 is 0 Å². The van der Waals surface area contributed by atoms with Gasteiger partial charge in [-0.2, -0.15) is 0 Å². The van der Waals surface area contributed by atoms with Gasteiger partial charge in [0.2, 0.25) is 0 Å². The predicted octanol–water partition coefficient (Wildman–Crippen LogP) is 0.0426. The Morgan fingerprint density at radius 3 is 2.86 bits per heavy atom. The average Bonchev–Trinajstić information content (AvgIpc) is 2.93. The Bertz CT molecular complexity index is 484. The standard InChI is InChI=1S/C14H21N3O4/c1-11-12(8-15-21-11)9-16-2-7-20-13(10-16)14(18)17-3-5-19-6-4-17/h8,13H,2-7,9-10H2,1H3. The summed E-state index contributed by atoms with van der Waals surface area (Å²) < 4.78 is 16.0. The maximum absolute atomic E-state index is 12.5. The fourth-order valence-electron chi connectivity index (χ4n) is 2.69. The molecule has 3 rings (SSSR count). The summed E-state index contributed by atoms with van der Waals surface area (Å²) >= 11 is 0. The molecule has 2 fully saturated rings. The molecule has 1 aromatic rings. The minimum absolute atomic E-state index is 0.0741. The molecule has 0 bridgehead atoms. The van der Waals surface area contributed by atoms with Crippen molar-refractivity contribution in [3.63, 3.8) is 0 Å². The van der Waals surface area contributed by atoms with Gasteiger partial charge in [-0.05, 0) is 6.92 Å². The van der Waals surface area contributed by atoms with Crippen molar-refractivity contribution in [1.82, 2.24) is 15.0 Å². The van der Waals surface area contributed by atoms with Gasteiger partial charge in [0.15, 0.2) is 0 Å². The minimum atomic E-state index is -0.378. The van der Waals surface area contributed by atoms with E-state index in [9.17, 15) is 4.79 Å². The summed E-state index contributed by atoms with van der Waals surface area (Å²) in [7, 11) is 0. The second-order valence-corrected chi connectivity index (χ2v) is 5.44. The molecule has 2 saturated heterocycles. The molecule has 1 aromatic heterocycles. The highest BCUT2D eigenvalue weighted by atomic mass is 16.5. The number of hydrogen-bond donors (Lipinski definition) is 0. The van der Waals surface area contributed by atoms with Crippen LogP contribution in [0.15, 0.2) is 10.7 Å². The Hall–Kier alpha value is -1.44. The number of morpholine rings is 2. The van der Waals surface area contributed by atoms with Crippen LogP contribution in [0.5, 0.6) is 0 Å². The molecule has 1 unspecified atom stereocenters. The van der Waals surface area contributed by atoms with Crippen LogP contribution in [0.25, 0.3) is 0 Å². The van der Waals surface area contributed by atoms with Crippen LogP contribution in [0.2, 0.25) is 0 Å². The number of aromatic nitrogens is 1. The largest absolute Gasteiger partial charge is 0.378 e. The summed E-state index contributed by atoms with van der Waals surface area (Å²) in [5.74, 6) is 0.905. The van der Waals surface area contributed by atoms with Crippen molar-refractivity contribution in [2.24, 2.45) is 0 Å². The highest BCUT2D eigenvalue weighted by Crippen LogP contribution is 2.15. The molecule has 7 heteroatoms. The molecule has 3 heterocycles. The highest BCUT2D eigenvalue weighted by Gasteiger charge is 2.31. The van der Waals surface area contributed by atoms with E-state index in [2.05, 4.69) is 10.1 Å². The molecule has 1 atom stereocenters. The molecule has 0 radical (unpaired) electrons. The zero-order valence-corrected chi connectivity index (χ0v) is 12.3. The summed E-state index contributed by atoms with van der Waals surface area (Å²) in [6.45, 7) is 7.19. The lowest BCUT2D eigenvalue weighted by atomic mass is 10.2. The second-order valence-electron chi connectivity index (χ2n) is 5.44. The number of aryl methyl sites for hydroxylation is 1. The Morgan fingerprint density at radius 2 is 2.14 bits per heavy atom. The van der Waals surface area contributed by atoms with Gasteiger partial charge in [-0.1, -0.05) is 5.16 Å². The van der Waals surface area contributed by atoms with Gasteiger partial charge in [0.25, 0.3) is 5.91 Å². The first-order chi connectivity index (χ1) is 10.2. The number of carbonyl (C=O) groups is 1.